The average Bonchev–Trinajstić information content (AvgIpc) is 3.00. The zero-order chi connectivity index (χ0) is 10.7. The Labute approximate surface area is 95.3 Å². The second-order valence-electron chi connectivity index (χ2n) is 3.87. The minimum atomic E-state index is 0.606. The van der Waals surface area contributed by atoms with Crippen LogP contribution in [0.2, 0.25) is 0 Å². The number of thiocarbonyl (C=S) groups is 1. The Balaban J connectivity index is 1.81. The van der Waals surface area contributed by atoms with Crippen molar-refractivity contribution in [2.45, 2.75) is 32.4 Å². The molecule has 1 aromatic heterocycles. The first-order chi connectivity index (χ1) is 7.25. The first-order valence-electron chi connectivity index (χ1n) is 5.20. The molecule has 1 saturated carbocycles. The first kappa shape index (κ1) is 10.4. The van der Waals surface area contributed by atoms with Crippen molar-refractivity contribution in [3.63, 3.8) is 0 Å². The molecule has 1 aliphatic carbocycles. The standard InChI is InChI=1S/C11H15N3S/c1-8-3-2-6-12-10(8)7-13-11(15)14-9-4-5-9/h2-3,6,9H,4-5,7H2,1H3,(H2,13,14,15). The quantitative estimate of drug-likeness (QED) is 0.759. The van der Waals surface area contributed by atoms with Crippen LogP contribution in [0.15, 0.2) is 18.3 Å². The summed E-state index contributed by atoms with van der Waals surface area (Å²) in [7, 11) is 0. The van der Waals surface area contributed by atoms with Crippen molar-refractivity contribution in [2.24, 2.45) is 0 Å². The van der Waals surface area contributed by atoms with E-state index >= 15 is 0 Å². The normalized spacial score (nSPS) is 14.7. The van der Waals surface area contributed by atoms with Crippen LogP contribution in [0.3, 0.4) is 0 Å². The highest BCUT2D eigenvalue weighted by atomic mass is 32.1. The van der Waals surface area contributed by atoms with Gasteiger partial charge in [0.1, 0.15) is 0 Å². The molecule has 15 heavy (non-hydrogen) atoms. The van der Waals surface area contributed by atoms with Gasteiger partial charge in [-0.3, -0.25) is 4.98 Å². The molecule has 0 radical (unpaired) electrons. The van der Waals surface area contributed by atoms with Gasteiger partial charge in [-0.25, -0.2) is 0 Å². The molecule has 1 heterocycles. The largest absolute Gasteiger partial charge is 0.360 e. The monoisotopic (exact) mass is 221 g/mol. The van der Waals surface area contributed by atoms with Crippen molar-refractivity contribution < 1.29 is 0 Å². The van der Waals surface area contributed by atoms with E-state index in [1.165, 1.54) is 18.4 Å². The third-order valence-electron chi connectivity index (χ3n) is 2.45. The Morgan fingerprint density at radius 2 is 2.40 bits per heavy atom. The van der Waals surface area contributed by atoms with Crippen molar-refractivity contribution in [1.82, 2.24) is 15.6 Å². The van der Waals surface area contributed by atoms with E-state index in [9.17, 15) is 0 Å². The molecule has 0 amide bonds. The zero-order valence-corrected chi connectivity index (χ0v) is 9.60. The first-order valence-corrected chi connectivity index (χ1v) is 5.61. The molecule has 1 fully saturated rings. The van der Waals surface area contributed by atoms with E-state index in [-0.39, 0.29) is 0 Å². The molecule has 0 bridgehead atoms. The Morgan fingerprint density at radius 3 is 3.07 bits per heavy atom. The zero-order valence-electron chi connectivity index (χ0n) is 8.79. The van der Waals surface area contributed by atoms with Gasteiger partial charge in [0.15, 0.2) is 5.11 Å². The molecule has 3 nitrogen and oxygen atoms in total. The van der Waals surface area contributed by atoms with E-state index in [0.717, 1.165) is 10.8 Å². The Bertz CT molecular complexity index is 361. The third kappa shape index (κ3) is 3.16. The fraction of sp³-hybridized carbons (Fsp3) is 0.455. The number of nitrogens with zero attached hydrogens (tertiary/aromatic N) is 1. The second-order valence-corrected chi connectivity index (χ2v) is 4.28. The van der Waals surface area contributed by atoms with E-state index < -0.39 is 0 Å². The maximum absolute atomic E-state index is 5.16. The van der Waals surface area contributed by atoms with Crippen LogP contribution < -0.4 is 10.6 Å². The molecule has 2 rings (SSSR count). The number of pyridine rings is 1. The Morgan fingerprint density at radius 1 is 1.60 bits per heavy atom. The molecule has 1 aliphatic rings. The fourth-order valence-electron chi connectivity index (χ4n) is 1.33. The van der Waals surface area contributed by atoms with Crippen LogP contribution in [-0.2, 0) is 6.54 Å². The van der Waals surface area contributed by atoms with Gasteiger partial charge in [-0.15, -0.1) is 0 Å². The minimum absolute atomic E-state index is 0.606. The SMILES string of the molecule is Cc1cccnc1CNC(=S)NC1CC1. The molecule has 0 unspecified atom stereocenters. The van der Waals surface area contributed by atoms with Gasteiger partial charge in [0.25, 0.3) is 0 Å². The summed E-state index contributed by atoms with van der Waals surface area (Å²) in [6.45, 7) is 2.76. The van der Waals surface area contributed by atoms with Gasteiger partial charge in [-0.05, 0) is 43.6 Å². The predicted octanol–water partition coefficient (Wildman–Crippen LogP) is 1.52. The molecular weight excluding hydrogens is 206 g/mol. The van der Waals surface area contributed by atoms with E-state index in [0.29, 0.717) is 12.6 Å². The maximum atomic E-state index is 5.16. The molecule has 0 saturated heterocycles. The summed E-state index contributed by atoms with van der Waals surface area (Å²) in [5.41, 5.74) is 2.25. The number of rotatable bonds is 3. The summed E-state index contributed by atoms with van der Waals surface area (Å²) in [6.07, 6.45) is 4.29. The summed E-state index contributed by atoms with van der Waals surface area (Å²) in [6, 6.07) is 4.61. The van der Waals surface area contributed by atoms with Crippen LogP contribution >= 0.6 is 12.2 Å². The van der Waals surface area contributed by atoms with E-state index in [1.54, 1.807) is 6.20 Å². The van der Waals surface area contributed by atoms with Crippen LogP contribution in [0, 0.1) is 6.92 Å². The second kappa shape index (κ2) is 4.57. The molecule has 0 spiro atoms. The topological polar surface area (TPSA) is 37.0 Å². The summed E-state index contributed by atoms with van der Waals surface area (Å²) < 4.78 is 0. The highest BCUT2D eigenvalue weighted by molar-refractivity contribution is 7.80. The van der Waals surface area contributed by atoms with Gasteiger partial charge >= 0.3 is 0 Å². The van der Waals surface area contributed by atoms with Crippen molar-refractivity contribution >= 4 is 17.3 Å². The average molecular weight is 221 g/mol. The highest BCUT2D eigenvalue weighted by Gasteiger charge is 2.21. The molecule has 0 aromatic carbocycles. The number of hydrogen-bond acceptors (Lipinski definition) is 2. The molecule has 0 atom stereocenters. The van der Waals surface area contributed by atoms with E-state index in [2.05, 4.69) is 28.6 Å². The summed E-state index contributed by atoms with van der Waals surface area (Å²) in [4.78, 5) is 4.30. The van der Waals surface area contributed by atoms with Crippen LogP contribution in [-0.4, -0.2) is 16.1 Å². The number of aromatic nitrogens is 1. The van der Waals surface area contributed by atoms with E-state index in [4.69, 9.17) is 12.2 Å². The van der Waals surface area contributed by atoms with Crippen LogP contribution in [0.1, 0.15) is 24.1 Å². The van der Waals surface area contributed by atoms with E-state index in [1.807, 2.05) is 6.07 Å². The number of nitrogens with one attached hydrogen (secondary N) is 2. The minimum Gasteiger partial charge on any atom is -0.360 e. The predicted molar refractivity (Wildman–Crippen MR) is 64.6 cm³/mol. The molecule has 0 aliphatic heterocycles. The lowest BCUT2D eigenvalue weighted by atomic mass is 10.2. The van der Waals surface area contributed by atoms with Crippen molar-refractivity contribution in [3.8, 4) is 0 Å². The summed E-state index contributed by atoms with van der Waals surface area (Å²) >= 11 is 5.16. The van der Waals surface area contributed by atoms with Gasteiger partial charge in [0, 0.05) is 12.2 Å². The van der Waals surface area contributed by atoms with Gasteiger partial charge in [0.05, 0.1) is 12.2 Å². The van der Waals surface area contributed by atoms with Crippen LogP contribution in [0.25, 0.3) is 0 Å². The summed E-state index contributed by atoms with van der Waals surface area (Å²) in [5.74, 6) is 0. The fourth-order valence-corrected chi connectivity index (χ4v) is 1.57. The molecule has 80 valence electrons. The maximum Gasteiger partial charge on any atom is 0.166 e. The number of hydrogen-bond donors (Lipinski definition) is 2. The lowest BCUT2D eigenvalue weighted by molar-refractivity contribution is 0.807. The molecule has 4 heteroatoms. The lowest BCUT2D eigenvalue weighted by Gasteiger charge is -2.10. The highest BCUT2D eigenvalue weighted by Crippen LogP contribution is 2.18. The van der Waals surface area contributed by atoms with Gasteiger partial charge in [0.2, 0.25) is 0 Å². The van der Waals surface area contributed by atoms with Crippen molar-refractivity contribution in [3.05, 3.63) is 29.6 Å². The smallest absolute Gasteiger partial charge is 0.166 e. The Kier molecular flexibility index (Phi) is 3.16. The van der Waals surface area contributed by atoms with Crippen molar-refractivity contribution in [1.29, 1.82) is 0 Å². The molecular formula is C11H15N3S. The Hall–Kier alpha value is -1.16. The number of aryl methyl sites for hydroxylation is 1. The van der Waals surface area contributed by atoms with Crippen LogP contribution in [0.5, 0.6) is 0 Å². The third-order valence-corrected chi connectivity index (χ3v) is 2.71. The van der Waals surface area contributed by atoms with Crippen molar-refractivity contribution in [2.75, 3.05) is 0 Å². The lowest BCUT2D eigenvalue weighted by Crippen LogP contribution is -2.36. The van der Waals surface area contributed by atoms with Gasteiger partial charge < -0.3 is 10.6 Å². The summed E-state index contributed by atoms with van der Waals surface area (Å²) in [5, 5.41) is 7.14. The molecule has 2 N–H and O–H groups in total. The van der Waals surface area contributed by atoms with Gasteiger partial charge in [-0.2, -0.15) is 0 Å². The van der Waals surface area contributed by atoms with Gasteiger partial charge in [-0.1, -0.05) is 6.07 Å². The molecule has 1 aromatic rings. The van der Waals surface area contributed by atoms with Crippen LogP contribution in [0.4, 0.5) is 0 Å².